The van der Waals surface area contributed by atoms with E-state index in [4.69, 9.17) is 5.73 Å². The first-order valence-electron chi connectivity index (χ1n) is 7.27. The van der Waals surface area contributed by atoms with Gasteiger partial charge in [-0.1, -0.05) is 19.8 Å². The normalized spacial score (nSPS) is 22.8. The van der Waals surface area contributed by atoms with Crippen molar-refractivity contribution in [3.8, 4) is 0 Å². The van der Waals surface area contributed by atoms with E-state index in [1.54, 1.807) is 0 Å². The van der Waals surface area contributed by atoms with Gasteiger partial charge < -0.3 is 15.5 Å². The van der Waals surface area contributed by atoms with Crippen LogP contribution in [0.1, 0.15) is 45.4 Å². The van der Waals surface area contributed by atoms with Crippen LogP contribution in [-0.4, -0.2) is 55.0 Å². The van der Waals surface area contributed by atoms with Crippen LogP contribution in [-0.2, 0) is 4.79 Å². The molecule has 1 saturated heterocycles. The van der Waals surface area contributed by atoms with Gasteiger partial charge >= 0.3 is 0 Å². The number of rotatable bonds is 6. The molecule has 1 heterocycles. The highest BCUT2D eigenvalue weighted by molar-refractivity contribution is 5.81. The summed E-state index contributed by atoms with van der Waals surface area (Å²) in [5, 5.41) is 0. The number of hydrogen-bond acceptors (Lipinski definition) is 3. The van der Waals surface area contributed by atoms with Crippen LogP contribution >= 0.6 is 0 Å². The Hall–Kier alpha value is -0.610. The van der Waals surface area contributed by atoms with Crippen LogP contribution in [0.15, 0.2) is 0 Å². The Labute approximate surface area is 111 Å². The molecule has 0 aromatic rings. The predicted molar refractivity (Wildman–Crippen MR) is 75.4 cm³/mol. The summed E-state index contributed by atoms with van der Waals surface area (Å²) >= 11 is 0. The maximum Gasteiger partial charge on any atom is 0.239 e. The zero-order chi connectivity index (χ0) is 13.5. The molecular weight excluding hydrogens is 226 g/mol. The number of nitrogens with zero attached hydrogens (tertiary/aromatic N) is 2. The van der Waals surface area contributed by atoms with Gasteiger partial charge in [-0.2, -0.15) is 0 Å². The lowest BCUT2D eigenvalue weighted by atomic mass is 10.00. The molecule has 0 aliphatic carbocycles. The van der Waals surface area contributed by atoms with Gasteiger partial charge in [0.15, 0.2) is 0 Å². The largest absolute Gasteiger partial charge is 0.344 e. The zero-order valence-electron chi connectivity index (χ0n) is 12.2. The Bertz CT molecular complexity index is 257. The molecule has 1 rings (SSSR count). The average molecular weight is 255 g/mol. The molecule has 0 spiro atoms. The number of likely N-dealkylation sites (tertiary alicyclic amines) is 1. The van der Waals surface area contributed by atoms with Gasteiger partial charge in [-0.15, -0.1) is 0 Å². The van der Waals surface area contributed by atoms with Gasteiger partial charge in [0.1, 0.15) is 0 Å². The third-order valence-corrected chi connectivity index (χ3v) is 4.01. The van der Waals surface area contributed by atoms with E-state index in [1.165, 1.54) is 25.8 Å². The summed E-state index contributed by atoms with van der Waals surface area (Å²) < 4.78 is 0. The number of piperidine rings is 1. The fraction of sp³-hybridized carbons (Fsp3) is 0.929. The SMILES string of the molecule is CCCC(N)C(=O)N(C)CCC1CCCCN1C. The highest BCUT2D eigenvalue weighted by Gasteiger charge is 2.21. The van der Waals surface area contributed by atoms with Gasteiger partial charge in [0, 0.05) is 19.6 Å². The van der Waals surface area contributed by atoms with E-state index in [2.05, 4.69) is 18.9 Å². The van der Waals surface area contributed by atoms with E-state index in [0.717, 1.165) is 25.8 Å². The molecule has 1 amide bonds. The van der Waals surface area contributed by atoms with Gasteiger partial charge in [0.2, 0.25) is 5.91 Å². The van der Waals surface area contributed by atoms with E-state index in [-0.39, 0.29) is 11.9 Å². The number of amides is 1. The highest BCUT2D eigenvalue weighted by Crippen LogP contribution is 2.17. The summed E-state index contributed by atoms with van der Waals surface area (Å²) in [4.78, 5) is 16.2. The van der Waals surface area contributed by atoms with Crippen LogP contribution in [0.2, 0.25) is 0 Å². The number of hydrogen-bond donors (Lipinski definition) is 1. The first-order chi connectivity index (χ1) is 8.56. The third kappa shape index (κ3) is 4.58. The lowest BCUT2D eigenvalue weighted by molar-refractivity contribution is -0.131. The summed E-state index contributed by atoms with van der Waals surface area (Å²) in [7, 11) is 4.06. The lowest BCUT2D eigenvalue weighted by Gasteiger charge is -2.33. The Morgan fingerprint density at radius 3 is 2.83 bits per heavy atom. The number of likely N-dealkylation sites (N-methyl/N-ethyl adjacent to an activating group) is 1. The minimum atomic E-state index is -0.316. The summed E-state index contributed by atoms with van der Waals surface area (Å²) in [5.74, 6) is 0.0929. The molecule has 2 unspecified atom stereocenters. The van der Waals surface area contributed by atoms with Gasteiger partial charge in [0.05, 0.1) is 6.04 Å². The number of carbonyl (C=O) groups is 1. The van der Waals surface area contributed by atoms with Crippen molar-refractivity contribution in [1.29, 1.82) is 0 Å². The molecule has 2 atom stereocenters. The minimum absolute atomic E-state index is 0.0929. The van der Waals surface area contributed by atoms with Crippen molar-refractivity contribution in [3.63, 3.8) is 0 Å². The molecular formula is C14H29N3O. The smallest absolute Gasteiger partial charge is 0.239 e. The number of nitrogens with two attached hydrogens (primary N) is 1. The monoisotopic (exact) mass is 255 g/mol. The van der Waals surface area contributed by atoms with Crippen molar-refractivity contribution in [2.75, 3.05) is 27.2 Å². The predicted octanol–water partition coefficient (Wildman–Crippen LogP) is 1.45. The Morgan fingerprint density at radius 1 is 1.50 bits per heavy atom. The Kier molecular flexibility index (Phi) is 6.65. The fourth-order valence-corrected chi connectivity index (χ4v) is 2.68. The summed E-state index contributed by atoms with van der Waals surface area (Å²) in [6, 6.07) is 0.320. The van der Waals surface area contributed by atoms with Crippen molar-refractivity contribution >= 4 is 5.91 Å². The van der Waals surface area contributed by atoms with Crippen LogP contribution < -0.4 is 5.73 Å². The molecule has 2 N–H and O–H groups in total. The fourth-order valence-electron chi connectivity index (χ4n) is 2.68. The molecule has 0 bridgehead atoms. The molecule has 1 aliphatic heterocycles. The highest BCUT2D eigenvalue weighted by atomic mass is 16.2. The van der Waals surface area contributed by atoms with E-state index < -0.39 is 0 Å². The molecule has 0 saturated carbocycles. The van der Waals surface area contributed by atoms with Crippen LogP contribution in [0.4, 0.5) is 0 Å². The summed E-state index contributed by atoms with van der Waals surface area (Å²) in [5.41, 5.74) is 5.86. The van der Waals surface area contributed by atoms with Crippen molar-refractivity contribution in [2.24, 2.45) is 5.73 Å². The van der Waals surface area contributed by atoms with Crippen molar-refractivity contribution < 1.29 is 4.79 Å². The Morgan fingerprint density at radius 2 is 2.22 bits per heavy atom. The first-order valence-corrected chi connectivity index (χ1v) is 7.27. The molecule has 1 aliphatic rings. The molecule has 0 aromatic heterocycles. The summed E-state index contributed by atoms with van der Waals surface area (Å²) in [6.45, 7) is 4.08. The second kappa shape index (κ2) is 7.74. The van der Waals surface area contributed by atoms with Gasteiger partial charge in [-0.05, 0) is 39.3 Å². The lowest BCUT2D eigenvalue weighted by Crippen LogP contribution is -2.44. The van der Waals surface area contributed by atoms with Crippen LogP contribution in [0.3, 0.4) is 0 Å². The second-order valence-corrected chi connectivity index (χ2v) is 5.57. The molecule has 106 valence electrons. The van der Waals surface area contributed by atoms with E-state index >= 15 is 0 Å². The maximum atomic E-state index is 12.0. The van der Waals surface area contributed by atoms with Gasteiger partial charge in [-0.3, -0.25) is 4.79 Å². The third-order valence-electron chi connectivity index (χ3n) is 4.01. The standard InChI is InChI=1S/C14H29N3O/c1-4-7-13(15)14(18)17(3)11-9-12-8-5-6-10-16(12)2/h12-13H,4-11,15H2,1-3H3. The quantitative estimate of drug-likeness (QED) is 0.781. The summed E-state index contributed by atoms with van der Waals surface area (Å²) in [6.07, 6.45) is 6.71. The van der Waals surface area contributed by atoms with Crippen LogP contribution in [0, 0.1) is 0 Å². The molecule has 4 nitrogen and oxygen atoms in total. The zero-order valence-corrected chi connectivity index (χ0v) is 12.2. The first kappa shape index (κ1) is 15.4. The maximum absolute atomic E-state index is 12.0. The van der Waals surface area contributed by atoms with Crippen molar-refractivity contribution in [3.05, 3.63) is 0 Å². The number of carbonyl (C=O) groups excluding carboxylic acids is 1. The second-order valence-electron chi connectivity index (χ2n) is 5.57. The van der Waals surface area contributed by atoms with Crippen LogP contribution in [0.25, 0.3) is 0 Å². The topological polar surface area (TPSA) is 49.6 Å². The molecule has 0 radical (unpaired) electrons. The van der Waals surface area contributed by atoms with Crippen LogP contribution in [0.5, 0.6) is 0 Å². The Balaban J connectivity index is 2.31. The van der Waals surface area contributed by atoms with E-state index in [1.807, 2.05) is 11.9 Å². The molecule has 0 aromatic carbocycles. The molecule has 18 heavy (non-hydrogen) atoms. The molecule has 1 fully saturated rings. The minimum Gasteiger partial charge on any atom is -0.344 e. The van der Waals surface area contributed by atoms with Crippen molar-refractivity contribution in [1.82, 2.24) is 9.80 Å². The average Bonchev–Trinajstić information content (AvgIpc) is 2.36. The van der Waals surface area contributed by atoms with Gasteiger partial charge in [-0.25, -0.2) is 0 Å². The van der Waals surface area contributed by atoms with Crippen molar-refractivity contribution in [2.45, 2.75) is 57.5 Å². The molecule has 4 heteroatoms. The van der Waals surface area contributed by atoms with Gasteiger partial charge in [0.25, 0.3) is 0 Å². The van der Waals surface area contributed by atoms with E-state index in [0.29, 0.717) is 6.04 Å². The van der Waals surface area contributed by atoms with E-state index in [9.17, 15) is 4.79 Å².